The minimum atomic E-state index is -0.239. The normalized spacial score (nSPS) is 11.1. The molecule has 0 aliphatic carbocycles. The second kappa shape index (κ2) is 8.90. The summed E-state index contributed by atoms with van der Waals surface area (Å²) in [7, 11) is 3.27. The third-order valence-electron chi connectivity index (χ3n) is 5.62. The molecule has 8 nitrogen and oxygen atoms in total. The molecule has 0 saturated heterocycles. The van der Waals surface area contributed by atoms with Crippen LogP contribution in [-0.4, -0.2) is 32.3 Å². The fourth-order valence-corrected chi connectivity index (χ4v) is 3.80. The summed E-state index contributed by atoms with van der Waals surface area (Å²) in [5.74, 6) is 0.374. The van der Waals surface area contributed by atoms with E-state index >= 15 is 0 Å². The number of ether oxygens (including phenoxy) is 1. The Labute approximate surface area is 191 Å². The zero-order chi connectivity index (χ0) is 23.7. The smallest absolute Gasteiger partial charge is 0.273 e. The van der Waals surface area contributed by atoms with E-state index < -0.39 is 0 Å². The summed E-state index contributed by atoms with van der Waals surface area (Å²) in [6.07, 6.45) is 0.341. The van der Waals surface area contributed by atoms with Gasteiger partial charge in [-0.15, -0.1) is 0 Å². The number of methoxy groups -OCH3 is 1. The highest BCUT2D eigenvalue weighted by atomic mass is 16.5. The Balaban J connectivity index is 1.61. The number of hydrogen-bond acceptors (Lipinski definition) is 5. The van der Waals surface area contributed by atoms with E-state index in [1.807, 2.05) is 63.2 Å². The number of hydrogen-bond donors (Lipinski definition) is 1. The SMILES string of the molecule is COc1ccc(C)cc1NC(=O)CCc1nc2c(C)nn(-c3ccc(C)cc3)c2n(C)c1=O. The lowest BCUT2D eigenvalue weighted by Crippen LogP contribution is -2.25. The van der Waals surface area contributed by atoms with Crippen LogP contribution in [-0.2, 0) is 18.3 Å². The van der Waals surface area contributed by atoms with E-state index in [0.717, 1.165) is 22.5 Å². The van der Waals surface area contributed by atoms with Gasteiger partial charge in [0.15, 0.2) is 5.65 Å². The summed E-state index contributed by atoms with van der Waals surface area (Å²) in [5.41, 5.74) is 5.70. The third-order valence-corrected chi connectivity index (χ3v) is 5.62. The highest BCUT2D eigenvalue weighted by Crippen LogP contribution is 2.25. The summed E-state index contributed by atoms with van der Waals surface area (Å²) in [6, 6.07) is 13.5. The predicted octanol–water partition coefficient (Wildman–Crippen LogP) is 3.62. The van der Waals surface area contributed by atoms with Crippen molar-refractivity contribution in [2.24, 2.45) is 7.05 Å². The van der Waals surface area contributed by atoms with Crippen molar-refractivity contribution in [1.82, 2.24) is 19.3 Å². The van der Waals surface area contributed by atoms with Crippen LogP contribution in [0.15, 0.2) is 47.3 Å². The van der Waals surface area contributed by atoms with Gasteiger partial charge >= 0.3 is 0 Å². The van der Waals surface area contributed by atoms with Gasteiger partial charge in [0.1, 0.15) is 17.0 Å². The molecular formula is C25H27N5O3. The van der Waals surface area contributed by atoms with Crippen molar-refractivity contribution in [3.8, 4) is 11.4 Å². The number of rotatable bonds is 6. The first kappa shape index (κ1) is 22.3. The molecule has 8 heteroatoms. The molecule has 33 heavy (non-hydrogen) atoms. The molecule has 2 aromatic heterocycles. The molecule has 170 valence electrons. The van der Waals surface area contributed by atoms with Crippen LogP contribution in [0.5, 0.6) is 5.75 Å². The van der Waals surface area contributed by atoms with Crippen molar-refractivity contribution in [2.45, 2.75) is 33.6 Å². The van der Waals surface area contributed by atoms with Crippen LogP contribution in [0.4, 0.5) is 5.69 Å². The Kier molecular flexibility index (Phi) is 6.00. The van der Waals surface area contributed by atoms with E-state index in [0.29, 0.717) is 28.3 Å². The molecule has 0 spiro atoms. The topological polar surface area (TPSA) is 91.0 Å². The van der Waals surface area contributed by atoms with E-state index in [-0.39, 0.29) is 24.3 Å². The molecule has 0 aliphatic heterocycles. The molecular weight excluding hydrogens is 418 g/mol. The van der Waals surface area contributed by atoms with Crippen molar-refractivity contribution in [3.63, 3.8) is 0 Å². The number of benzene rings is 2. The average Bonchev–Trinajstić information content (AvgIpc) is 3.12. The number of carbonyl (C=O) groups is 1. The zero-order valence-electron chi connectivity index (χ0n) is 19.5. The Bertz CT molecular complexity index is 1400. The first-order chi connectivity index (χ1) is 15.8. The first-order valence-corrected chi connectivity index (χ1v) is 10.7. The first-order valence-electron chi connectivity index (χ1n) is 10.7. The van der Waals surface area contributed by atoms with Crippen LogP contribution in [0.3, 0.4) is 0 Å². The number of aromatic nitrogens is 4. The van der Waals surface area contributed by atoms with Gasteiger partial charge in [-0.25, -0.2) is 9.67 Å². The largest absolute Gasteiger partial charge is 0.495 e. The molecule has 1 N–H and O–H groups in total. The molecule has 2 aromatic carbocycles. The molecule has 4 rings (SSSR count). The second-order valence-corrected chi connectivity index (χ2v) is 8.18. The maximum Gasteiger partial charge on any atom is 0.273 e. The van der Waals surface area contributed by atoms with Crippen LogP contribution in [0.2, 0.25) is 0 Å². The van der Waals surface area contributed by atoms with Crippen molar-refractivity contribution in [2.75, 3.05) is 12.4 Å². The molecule has 0 bridgehead atoms. The molecule has 0 aliphatic rings. The number of aryl methyl sites for hydroxylation is 5. The van der Waals surface area contributed by atoms with Crippen LogP contribution in [0.25, 0.3) is 16.9 Å². The number of fused-ring (bicyclic) bond motifs is 1. The summed E-state index contributed by atoms with van der Waals surface area (Å²) in [4.78, 5) is 30.2. The highest BCUT2D eigenvalue weighted by Gasteiger charge is 2.18. The van der Waals surface area contributed by atoms with E-state index in [4.69, 9.17) is 4.74 Å². The summed E-state index contributed by atoms with van der Waals surface area (Å²) >= 11 is 0. The van der Waals surface area contributed by atoms with Gasteiger partial charge in [-0.2, -0.15) is 5.10 Å². The van der Waals surface area contributed by atoms with Crippen LogP contribution in [0.1, 0.15) is 28.9 Å². The molecule has 0 radical (unpaired) electrons. The Morgan fingerprint density at radius 3 is 2.45 bits per heavy atom. The molecule has 1 amide bonds. The van der Waals surface area contributed by atoms with Gasteiger partial charge in [-0.1, -0.05) is 23.8 Å². The molecule has 0 fully saturated rings. The maximum atomic E-state index is 13.1. The zero-order valence-corrected chi connectivity index (χ0v) is 19.5. The number of amides is 1. The van der Waals surface area contributed by atoms with Gasteiger partial charge in [0, 0.05) is 19.9 Å². The monoisotopic (exact) mass is 445 g/mol. The quantitative estimate of drug-likeness (QED) is 0.489. The average molecular weight is 446 g/mol. The Morgan fingerprint density at radius 1 is 1.06 bits per heavy atom. The van der Waals surface area contributed by atoms with Gasteiger partial charge in [0.25, 0.3) is 5.56 Å². The maximum absolute atomic E-state index is 13.1. The standard InChI is InChI=1S/C25H27N5O3/c1-15-6-9-18(10-7-15)30-24-23(17(3)28-30)27-19(25(32)29(24)4)11-13-22(31)26-20-14-16(2)8-12-21(20)33-5/h6-10,12,14H,11,13H2,1-5H3,(H,26,31). The van der Waals surface area contributed by atoms with Crippen LogP contribution < -0.4 is 15.6 Å². The van der Waals surface area contributed by atoms with Gasteiger partial charge in [0.2, 0.25) is 5.91 Å². The van der Waals surface area contributed by atoms with Crippen LogP contribution in [0, 0.1) is 20.8 Å². The summed E-state index contributed by atoms with van der Waals surface area (Å²) in [5, 5.41) is 7.48. The lowest BCUT2D eigenvalue weighted by Gasteiger charge is -2.11. The number of nitrogens with zero attached hydrogens (tertiary/aromatic N) is 4. The van der Waals surface area contributed by atoms with Crippen molar-refractivity contribution in [3.05, 3.63) is 75.3 Å². The van der Waals surface area contributed by atoms with Crippen molar-refractivity contribution >= 4 is 22.8 Å². The van der Waals surface area contributed by atoms with Gasteiger partial charge in [-0.3, -0.25) is 14.2 Å². The predicted molar refractivity (Wildman–Crippen MR) is 128 cm³/mol. The fourth-order valence-electron chi connectivity index (χ4n) is 3.80. The molecule has 0 unspecified atom stereocenters. The fraction of sp³-hybridized carbons (Fsp3) is 0.280. The van der Waals surface area contributed by atoms with Crippen LogP contribution >= 0.6 is 0 Å². The van der Waals surface area contributed by atoms with E-state index in [1.165, 1.54) is 0 Å². The van der Waals surface area contributed by atoms with Gasteiger partial charge in [-0.05, 0) is 50.6 Å². The highest BCUT2D eigenvalue weighted by molar-refractivity contribution is 5.92. The summed E-state index contributed by atoms with van der Waals surface area (Å²) in [6.45, 7) is 5.83. The Hall–Kier alpha value is -3.94. The number of nitrogens with one attached hydrogen (secondary N) is 1. The molecule has 4 aromatic rings. The Morgan fingerprint density at radius 2 is 1.76 bits per heavy atom. The minimum Gasteiger partial charge on any atom is -0.495 e. The van der Waals surface area contributed by atoms with Crippen molar-refractivity contribution < 1.29 is 9.53 Å². The summed E-state index contributed by atoms with van der Waals surface area (Å²) < 4.78 is 8.61. The molecule has 0 atom stereocenters. The lowest BCUT2D eigenvalue weighted by molar-refractivity contribution is -0.116. The van der Waals surface area contributed by atoms with E-state index in [2.05, 4.69) is 15.4 Å². The number of anilines is 1. The van der Waals surface area contributed by atoms with Crippen molar-refractivity contribution in [1.29, 1.82) is 0 Å². The lowest BCUT2D eigenvalue weighted by atomic mass is 10.2. The van der Waals surface area contributed by atoms with E-state index in [1.54, 1.807) is 23.4 Å². The van der Waals surface area contributed by atoms with Gasteiger partial charge in [0.05, 0.1) is 24.2 Å². The molecule has 0 saturated carbocycles. The number of carbonyl (C=O) groups excluding carboxylic acids is 1. The minimum absolute atomic E-state index is 0.121. The van der Waals surface area contributed by atoms with Gasteiger partial charge < -0.3 is 10.1 Å². The van der Waals surface area contributed by atoms with E-state index in [9.17, 15) is 9.59 Å². The third kappa shape index (κ3) is 4.37. The molecule has 2 heterocycles. The second-order valence-electron chi connectivity index (χ2n) is 8.18.